The highest BCUT2D eigenvalue weighted by Crippen LogP contribution is 2.55. The largest absolute Gasteiger partial charge is 0.361 e. The molecule has 1 aliphatic heterocycles. The molecule has 0 aromatic rings. The van der Waals surface area contributed by atoms with Gasteiger partial charge in [-0.1, -0.05) is 35.8 Å². The number of rotatable bonds is 0. The molecule has 0 aromatic heterocycles. The summed E-state index contributed by atoms with van der Waals surface area (Å²) in [7, 11) is -0.464. The van der Waals surface area contributed by atoms with Gasteiger partial charge in [0.05, 0.1) is 0 Å². The Balaban J connectivity index is 1.65. The van der Waals surface area contributed by atoms with E-state index in [9.17, 15) is 4.79 Å². The van der Waals surface area contributed by atoms with E-state index in [0.717, 1.165) is 17.8 Å². The molecule has 5 atom stereocenters. The van der Waals surface area contributed by atoms with E-state index in [0.29, 0.717) is 5.92 Å². The Labute approximate surface area is 129 Å². The highest BCUT2D eigenvalue weighted by molar-refractivity contribution is 8.30. The molecule has 3 fully saturated rings. The number of primary amides is 1. The molecular weight excluding hydrogens is 278 g/mol. The van der Waals surface area contributed by atoms with Crippen LogP contribution in [0.15, 0.2) is 22.6 Å². The number of nitrogens with two attached hydrogens (primary N) is 1. The van der Waals surface area contributed by atoms with Crippen molar-refractivity contribution in [1.29, 1.82) is 0 Å². The van der Waals surface area contributed by atoms with Crippen molar-refractivity contribution in [2.75, 3.05) is 0 Å². The summed E-state index contributed by atoms with van der Waals surface area (Å²) in [5.74, 6) is 3.55. The summed E-state index contributed by atoms with van der Waals surface area (Å²) < 4.78 is 0. The van der Waals surface area contributed by atoms with Crippen LogP contribution in [0.25, 0.3) is 0 Å². The minimum Gasteiger partial charge on any atom is -0.361 e. The van der Waals surface area contributed by atoms with Gasteiger partial charge in [0.1, 0.15) is 0 Å². The predicted molar refractivity (Wildman–Crippen MR) is 90.3 cm³/mol. The maximum absolute atomic E-state index is 11.5. The van der Waals surface area contributed by atoms with Crippen LogP contribution in [-0.2, 0) is 0 Å². The molecule has 21 heavy (non-hydrogen) atoms. The fourth-order valence-electron chi connectivity index (χ4n) is 5.37. The first-order chi connectivity index (χ1) is 10.2. The number of fused-ring (bicyclic) bond motifs is 5. The van der Waals surface area contributed by atoms with Crippen LogP contribution in [0.1, 0.15) is 51.4 Å². The lowest BCUT2D eigenvalue weighted by Crippen LogP contribution is -2.40. The lowest BCUT2D eigenvalue weighted by molar-refractivity contribution is 0.0578. The molecule has 4 aliphatic rings. The van der Waals surface area contributed by atoms with Gasteiger partial charge in [-0.3, -0.25) is 4.79 Å². The molecule has 3 aliphatic carbocycles. The molecule has 2 N–H and O–H groups in total. The Hall–Kier alpha value is -0.830. The van der Waals surface area contributed by atoms with Crippen molar-refractivity contribution in [2.45, 2.75) is 51.4 Å². The minimum atomic E-state index is -0.464. The Morgan fingerprint density at radius 1 is 1.10 bits per heavy atom. The zero-order valence-corrected chi connectivity index (χ0v) is 13.4. The van der Waals surface area contributed by atoms with Crippen molar-refractivity contribution in [1.82, 2.24) is 0 Å². The molecule has 2 nitrogen and oxygen atoms in total. The number of carbonyl (C=O) groups excluding carboxylic acids is 1. The number of hydrogen-bond acceptors (Lipinski definition) is 1. The molecule has 5 unspecified atom stereocenters. The predicted octanol–water partition coefficient (Wildman–Crippen LogP) is 4.59. The molecule has 0 bridgehead atoms. The van der Waals surface area contributed by atoms with Crippen LogP contribution in [0.3, 0.4) is 0 Å². The van der Waals surface area contributed by atoms with Crippen molar-refractivity contribution in [3.8, 4) is 0 Å². The third kappa shape index (κ3) is 2.34. The SMILES string of the molecule is NC(=O)S1=CC=C2CCC3C(CCC4CCCCC43)C2=C1. The normalized spacial score (nSPS) is 41.6. The molecule has 1 heterocycles. The van der Waals surface area contributed by atoms with E-state index in [1.54, 1.807) is 0 Å². The lowest BCUT2D eigenvalue weighted by Gasteiger charge is -2.49. The molecule has 4 rings (SSSR count). The van der Waals surface area contributed by atoms with Gasteiger partial charge in [-0.25, -0.2) is 0 Å². The van der Waals surface area contributed by atoms with Gasteiger partial charge < -0.3 is 5.73 Å². The van der Waals surface area contributed by atoms with Crippen LogP contribution in [0.5, 0.6) is 0 Å². The number of amides is 1. The molecular formula is C18H25NOS. The maximum atomic E-state index is 11.5. The molecule has 0 radical (unpaired) electrons. The van der Waals surface area contributed by atoms with Crippen LogP contribution in [0.4, 0.5) is 4.79 Å². The van der Waals surface area contributed by atoms with Gasteiger partial charge in [-0.05, 0) is 77.7 Å². The number of allylic oxidation sites excluding steroid dienone is 3. The Morgan fingerprint density at radius 3 is 2.81 bits per heavy atom. The molecule has 3 heteroatoms. The van der Waals surface area contributed by atoms with Gasteiger partial charge in [0.25, 0.3) is 5.24 Å². The van der Waals surface area contributed by atoms with E-state index in [1.165, 1.54) is 62.5 Å². The topological polar surface area (TPSA) is 43.1 Å². The zero-order valence-electron chi connectivity index (χ0n) is 12.6. The summed E-state index contributed by atoms with van der Waals surface area (Å²) in [6.45, 7) is 0. The smallest absolute Gasteiger partial charge is 0.274 e. The standard InChI is InChI=1S/C18H25NOS/c19-18(20)21-10-9-13-6-7-15-14-4-2-1-3-12(14)5-8-16(15)17(13)11-21/h9-12,14-16H,1-8H2,(H2,19,20). The third-order valence-electron chi connectivity index (χ3n) is 6.30. The lowest BCUT2D eigenvalue weighted by atomic mass is 9.56. The van der Waals surface area contributed by atoms with Crippen LogP contribution in [-0.4, -0.2) is 10.6 Å². The van der Waals surface area contributed by atoms with E-state index < -0.39 is 10.5 Å². The van der Waals surface area contributed by atoms with Crippen LogP contribution in [0, 0.1) is 23.7 Å². The summed E-state index contributed by atoms with van der Waals surface area (Å²) in [6.07, 6.45) is 13.3. The Kier molecular flexibility index (Phi) is 3.56. The van der Waals surface area contributed by atoms with Gasteiger partial charge in [0.2, 0.25) is 0 Å². The number of hydrogen-bond donors (Lipinski definition) is 1. The number of carbonyl (C=O) groups is 1. The van der Waals surface area contributed by atoms with E-state index in [4.69, 9.17) is 5.73 Å². The van der Waals surface area contributed by atoms with Crippen molar-refractivity contribution in [2.24, 2.45) is 29.4 Å². The van der Waals surface area contributed by atoms with Crippen molar-refractivity contribution >= 4 is 21.1 Å². The fourth-order valence-corrected chi connectivity index (χ4v) is 6.61. The highest BCUT2D eigenvalue weighted by atomic mass is 32.2. The van der Waals surface area contributed by atoms with Gasteiger partial charge >= 0.3 is 0 Å². The zero-order chi connectivity index (χ0) is 14.4. The maximum Gasteiger partial charge on any atom is 0.274 e. The van der Waals surface area contributed by atoms with Gasteiger partial charge in [0.15, 0.2) is 0 Å². The van der Waals surface area contributed by atoms with Crippen molar-refractivity contribution in [3.63, 3.8) is 0 Å². The quantitative estimate of drug-likeness (QED) is 0.654. The first-order valence-corrected chi connectivity index (χ1v) is 9.86. The summed E-state index contributed by atoms with van der Waals surface area (Å²) in [5.41, 5.74) is 8.53. The molecule has 3 saturated carbocycles. The van der Waals surface area contributed by atoms with Crippen molar-refractivity contribution in [3.05, 3.63) is 22.6 Å². The van der Waals surface area contributed by atoms with Gasteiger partial charge in [0, 0.05) is 0 Å². The van der Waals surface area contributed by atoms with Gasteiger partial charge in [-0.2, -0.15) is 0 Å². The fraction of sp³-hybridized carbons (Fsp3) is 0.667. The average Bonchev–Trinajstić information content (AvgIpc) is 2.53. The first-order valence-electron chi connectivity index (χ1n) is 8.51. The van der Waals surface area contributed by atoms with E-state index in [-0.39, 0.29) is 5.24 Å². The van der Waals surface area contributed by atoms with Gasteiger partial charge in [-0.15, -0.1) is 0 Å². The summed E-state index contributed by atoms with van der Waals surface area (Å²) in [4.78, 5) is 11.5. The average molecular weight is 303 g/mol. The second-order valence-corrected chi connectivity index (χ2v) is 8.84. The molecule has 0 spiro atoms. The Morgan fingerprint density at radius 2 is 1.95 bits per heavy atom. The Bertz CT molecular complexity index is 560. The third-order valence-corrected chi connectivity index (χ3v) is 7.70. The second kappa shape index (κ2) is 5.42. The minimum absolute atomic E-state index is 0.175. The molecule has 0 aromatic carbocycles. The highest BCUT2D eigenvalue weighted by Gasteiger charge is 2.44. The molecule has 1 amide bonds. The van der Waals surface area contributed by atoms with Crippen LogP contribution in [0.2, 0.25) is 0 Å². The molecule has 114 valence electrons. The van der Waals surface area contributed by atoms with E-state index >= 15 is 0 Å². The summed E-state index contributed by atoms with van der Waals surface area (Å²) >= 11 is 0. The van der Waals surface area contributed by atoms with Crippen molar-refractivity contribution < 1.29 is 4.79 Å². The van der Waals surface area contributed by atoms with E-state index in [2.05, 4.69) is 11.5 Å². The molecule has 0 saturated heterocycles. The summed E-state index contributed by atoms with van der Waals surface area (Å²) in [6, 6.07) is 0. The first kappa shape index (κ1) is 13.8. The van der Waals surface area contributed by atoms with E-state index in [1.807, 2.05) is 5.37 Å². The van der Waals surface area contributed by atoms with Crippen LogP contribution >= 0.6 is 10.5 Å². The summed E-state index contributed by atoms with van der Waals surface area (Å²) in [5, 5.41) is 4.07. The second-order valence-electron chi connectivity index (χ2n) is 7.19. The monoisotopic (exact) mass is 303 g/mol. The van der Waals surface area contributed by atoms with Crippen LogP contribution < -0.4 is 5.73 Å².